The van der Waals surface area contributed by atoms with Gasteiger partial charge >= 0.3 is 0 Å². The van der Waals surface area contributed by atoms with Crippen LogP contribution in [-0.4, -0.2) is 32.9 Å². The van der Waals surface area contributed by atoms with E-state index in [2.05, 4.69) is 36.3 Å². The fourth-order valence-corrected chi connectivity index (χ4v) is 4.67. The number of thioether (sulfide) groups is 1. The van der Waals surface area contributed by atoms with Crippen LogP contribution in [0, 0.1) is 0 Å². The molecule has 2 heterocycles. The van der Waals surface area contributed by atoms with Crippen LogP contribution in [0.4, 0.5) is 5.95 Å². The SMILES string of the molecule is CCCCCOc1ccc(C2C3=C(CCCC3=O)Nc3nc(SCCC)nn32)cc1. The standard InChI is InChI=1S/C23H30N4O2S/c1-3-5-6-14-29-17-12-10-16(11-13-17)21-20-18(8-7-9-19(20)28)24-22-25-23(26-27(21)22)30-15-4-2/h10-13,21H,3-9,14-15H2,1-2H3,(H,24,25,26). The number of fused-ring (bicyclic) bond motifs is 1. The van der Waals surface area contributed by atoms with E-state index in [0.29, 0.717) is 6.42 Å². The van der Waals surface area contributed by atoms with Crippen LogP contribution in [-0.2, 0) is 4.79 Å². The van der Waals surface area contributed by atoms with Crippen LogP contribution in [0.1, 0.15) is 70.4 Å². The number of anilines is 1. The predicted molar refractivity (Wildman–Crippen MR) is 120 cm³/mol. The van der Waals surface area contributed by atoms with Crippen LogP contribution in [0.3, 0.4) is 0 Å². The maximum absolute atomic E-state index is 12.9. The molecule has 2 aliphatic rings. The van der Waals surface area contributed by atoms with E-state index in [9.17, 15) is 4.79 Å². The fraction of sp³-hybridized carbons (Fsp3) is 0.522. The van der Waals surface area contributed by atoms with Crippen molar-refractivity contribution in [2.75, 3.05) is 17.7 Å². The van der Waals surface area contributed by atoms with Gasteiger partial charge in [0.05, 0.1) is 6.61 Å². The van der Waals surface area contributed by atoms with E-state index in [1.165, 1.54) is 12.8 Å². The molecule has 0 radical (unpaired) electrons. The first-order valence-corrected chi connectivity index (χ1v) is 12.0. The molecule has 1 N–H and O–H groups in total. The zero-order chi connectivity index (χ0) is 20.9. The lowest BCUT2D eigenvalue weighted by atomic mass is 9.85. The molecule has 0 spiro atoms. The van der Waals surface area contributed by atoms with Crippen molar-refractivity contribution in [3.63, 3.8) is 0 Å². The molecule has 1 aromatic heterocycles. The van der Waals surface area contributed by atoms with Crippen molar-refractivity contribution >= 4 is 23.5 Å². The van der Waals surface area contributed by atoms with Crippen LogP contribution < -0.4 is 10.1 Å². The number of nitrogens with one attached hydrogen (secondary N) is 1. The molecule has 4 rings (SSSR count). The van der Waals surface area contributed by atoms with Gasteiger partial charge in [0.1, 0.15) is 11.8 Å². The minimum absolute atomic E-state index is 0.206. The zero-order valence-electron chi connectivity index (χ0n) is 17.8. The summed E-state index contributed by atoms with van der Waals surface area (Å²) in [6, 6.07) is 7.88. The third-order valence-electron chi connectivity index (χ3n) is 5.50. The molecule has 1 aliphatic heterocycles. The molecule has 1 aromatic carbocycles. The zero-order valence-corrected chi connectivity index (χ0v) is 18.6. The van der Waals surface area contributed by atoms with Gasteiger partial charge in [-0.15, -0.1) is 5.10 Å². The van der Waals surface area contributed by atoms with E-state index in [-0.39, 0.29) is 11.8 Å². The molecule has 0 amide bonds. The molecule has 7 heteroatoms. The molecule has 6 nitrogen and oxygen atoms in total. The summed E-state index contributed by atoms with van der Waals surface area (Å²) >= 11 is 1.65. The number of rotatable bonds is 9. The number of ketones is 1. The lowest BCUT2D eigenvalue weighted by Gasteiger charge is -2.32. The number of allylic oxidation sites excluding steroid dienone is 2. The normalized spacial score (nSPS) is 18.1. The van der Waals surface area contributed by atoms with Gasteiger partial charge in [0.25, 0.3) is 0 Å². The Kier molecular flexibility index (Phi) is 6.77. The summed E-state index contributed by atoms with van der Waals surface area (Å²) in [5.41, 5.74) is 2.88. The Morgan fingerprint density at radius 3 is 2.77 bits per heavy atom. The van der Waals surface area contributed by atoms with Crippen molar-refractivity contribution in [2.24, 2.45) is 0 Å². The highest BCUT2D eigenvalue weighted by atomic mass is 32.2. The van der Waals surface area contributed by atoms with Gasteiger partial charge in [-0.2, -0.15) is 4.98 Å². The number of hydrogen-bond donors (Lipinski definition) is 1. The number of ether oxygens (including phenoxy) is 1. The predicted octanol–water partition coefficient (Wildman–Crippen LogP) is 5.37. The number of benzene rings is 1. The number of unbranched alkanes of at least 4 members (excludes halogenated alkanes) is 2. The Hall–Kier alpha value is -2.28. The second-order valence-electron chi connectivity index (χ2n) is 7.83. The molecule has 0 bridgehead atoms. The largest absolute Gasteiger partial charge is 0.494 e. The first kappa shape index (κ1) is 21.0. The highest BCUT2D eigenvalue weighted by molar-refractivity contribution is 7.99. The number of hydrogen-bond acceptors (Lipinski definition) is 6. The molecular formula is C23H30N4O2S. The Balaban J connectivity index is 1.63. The molecule has 0 fully saturated rings. The fourth-order valence-electron chi connectivity index (χ4n) is 3.99. The van der Waals surface area contributed by atoms with Crippen molar-refractivity contribution in [2.45, 2.75) is 70.0 Å². The molecule has 1 unspecified atom stereocenters. The second kappa shape index (κ2) is 9.69. The third kappa shape index (κ3) is 4.41. The third-order valence-corrected chi connectivity index (χ3v) is 6.54. The smallest absolute Gasteiger partial charge is 0.227 e. The van der Waals surface area contributed by atoms with Crippen LogP contribution in [0.5, 0.6) is 5.75 Å². The van der Waals surface area contributed by atoms with E-state index < -0.39 is 0 Å². The van der Waals surface area contributed by atoms with E-state index in [1.807, 2.05) is 16.8 Å². The maximum atomic E-state index is 12.9. The topological polar surface area (TPSA) is 69.0 Å². The lowest BCUT2D eigenvalue weighted by Crippen LogP contribution is -2.31. The summed E-state index contributed by atoms with van der Waals surface area (Å²) in [5, 5.41) is 8.90. The molecular weight excluding hydrogens is 396 g/mol. The average molecular weight is 427 g/mol. The lowest BCUT2D eigenvalue weighted by molar-refractivity contribution is -0.116. The summed E-state index contributed by atoms with van der Waals surface area (Å²) < 4.78 is 7.75. The van der Waals surface area contributed by atoms with Crippen molar-refractivity contribution in [1.82, 2.24) is 14.8 Å². The van der Waals surface area contributed by atoms with Crippen LogP contribution >= 0.6 is 11.8 Å². The molecule has 1 atom stereocenters. The molecule has 2 aromatic rings. The van der Waals surface area contributed by atoms with E-state index in [4.69, 9.17) is 9.84 Å². The molecule has 1 aliphatic carbocycles. The van der Waals surface area contributed by atoms with Crippen molar-refractivity contribution < 1.29 is 9.53 Å². The van der Waals surface area contributed by atoms with Crippen LogP contribution in [0.15, 0.2) is 40.7 Å². The van der Waals surface area contributed by atoms with Gasteiger partial charge in [0.15, 0.2) is 5.78 Å². The summed E-state index contributed by atoms with van der Waals surface area (Å²) in [4.78, 5) is 17.6. The van der Waals surface area contributed by atoms with Gasteiger partial charge in [-0.3, -0.25) is 4.79 Å². The molecule has 160 valence electrons. The van der Waals surface area contributed by atoms with Crippen molar-refractivity contribution in [3.8, 4) is 5.75 Å². The van der Waals surface area contributed by atoms with Gasteiger partial charge < -0.3 is 10.1 Å². The Morgan fingerprint density at radius 1 is 1.17 bits per heavy atom. The molecule has 0 saturated carbocycles. The Morgan fingerprint density at radius 2 is 2.00 bits per heavy atom. The quantitative estimate of drug-likeness (QED) is 0.429. The summed E-state index contributed by atoms with van der Waals surface area (Å²) in [7, 11) is 0. The minimum atomic E-state index is -0.235. The first-order chi connectivity index (χ1) is 14.7. The van der Waals surface area contributed by atoms with E-state index in [1.54, 1.807) is 11.8 Å². The highest BCUT2D eigenvalue weighted by Crippen LogP contribution is 2.40. The number of Topliss-reactive ketones (excluding diaryl/α,β-unsaturated/α-hetero) is 1. The average Bonchev–Trinajstić information content (AvgIpc) is 3.17. The summed E-state index contributed by atoms with van der Waals surface area (Å²) in [5.74, 6) is 2.78. The van der Waals surface area contributed by atoms with E-state index >= 15 is 0 Å². The molecule has 30 heavy (non-hydrogen) atoms. The monoisotopic (exact) mass is 426 g/mol. The number of aromatic nitrogens is 3. The van der Waals surface area contributed by atoms with Gasteiger partial charge in [-0.25, -0.2) is 4.68 Å². The number of carbonyl (C=O) groups excluding carboxylic acids is 1. The first-order valence-electron chi connectivity index (χ1n) is 11.1. The number of nitrogens with zero attached hydrogens (tertiary/aromatic N) is 3. The van der Waals surface area contributed by atoms with Gasteiger partial charge in [-0.1, -0.05) is 50.6 Å². The van der Waals surface area contributed by atoms with Crippen LogP contribution in [0.2, 0.25) is 0 Å². The van der Waals surface area contributed by atoms with E-state index in [0.717, 1.165) is 71.7 Å². The minimum Gasteiger partial charge on any atom is -0.494 e. The van der Waals surface area contributed by atoms with Gasteiger partial charge in [0, 0.05) is 23.4 Å². The highest BCUT2D eigenvalue weighted by Gasteiger charge is 2.36. The Bertz CT molecular complexity index is 920. The van der Waals surface area contributed by atoms with Crippen LogP contribution in [0.25, 0.3) is 0 Å². The van der Waals surface area contributed by atoms with Crippen molar-refractivity contribution in [1.29, 1.82) is 0 Å². The van der Waals surface area contributed by atoms with Gasteiger partial charge in [-0.05, 0) is 43.4 Å². The van der Waals surface area contributed by atoms with Crippen molar-refractivity contribution in [3.05, 3.63) is 41.1 Å². The second-order valence-corrected chi connectivity index (χ2v) is 8.89. The Labute approximate surface area is 182 Å². The number of carbonyl (C=O) groups is 1. The molecule has 0 saturated heterocycles. The van der Waals surface area contributed by atoms with Gasteiger partial charge in [0.2, 0.25) is 11.1 Å². The maximum Gasteiger partial charge on any atom is 0.227 e. The summed E-state index contributed by atoms with van der Waals surface area (Å²) in [6.45, 7) is 5.07. The summed E-state index contributed by atoms with van der Waals surface area (Å²) in [6.07, 6.45) is 6.85.